The minimum Gasteiger partial charge on any atom is -0.252 e. The summed E-state index contributed by atoms with van der Waals surface area (Å²) in [6, 6.07) is 3.28. The van der Waals surface area contributed by atoms with Crippen molar-refractivity contribution in [1.29, 1.82) is 0 Å². The molecule has 0 heterocycles. The minimum absolute atomic E-state index is 0.488. The molecule has 0 aliphatic heterocycles. The van der Waals surface area contributed by atoms with Crippen LogP contribution in [0.1, 0.15) is 83.1 Å². The van der Waals surface area contributed by atoms with Crippen LogP contribution in [0.4, 0.5) is 0 Å². The summed E-state index contributed by atoms with van der Waals surface area (Å²) in [6.45, 7) is 28.1. The molecule has 0 unspecified atom stereocenters. The van der Waals surface area contributed by atoms with E-state index in [2.05, 4.69) is 97.1 Å². The molecular formula is C18H42N3P. The van der Waals surface area contributed by atoms with Crippen LogP contribution < -0.4 is 0 Å². The Morgan fingerprint density at radius 1 is 0.364 bits per heavy atom. The number of rotatable bonds is 9. The van der Waals surface area contributed by atoms with E-state index in [1.165, 1.54) is 0 Å². The van der Waals surface area contributed by atoms with Crippen LogP contribution in [0.2, 0.25) is 0 Å². The van der Waals surface area contributed by atoms with Gasteiger partial charge in [0.1, 0.15) is 8.37 Å². The Morgan fingerprint density at radius 2 is 0.500 bits per heavy atom. The Hall–Kier alpha value is 0.310. The van der Waals surface area contributed by atoms with Gasteiger partial charge in [-0.3, -0.25) is 14.0 Å². The van der Waals surface area contributed by atoms with Crippen LogP contribution in [0.3, 0.4) is 0 Å². The molecule has 0 aliphatic carbocycles. The highest BCUT2D eigenvalue weighted by molar-refractivity contribution is 7.50. The van der Waals surface area contributed by atoms with E-state index in [-0.39, 0.29) is 0 Å². The Labute approximate surface area is 142 Å². The van der Waals surface area contributed by atoms with Gasteiger partial charge in [0.2, 0.25) is 0 Å². The van der Waals surface area contributed by atoms with E-state index in [0.29, 0.717) is 36.3 Å². The average Bonchev–Trinajstić information content (AvgIpc) is 2.24. The molecule has 0 atom stereocenters. The Kier molecular flexibility index (Phi) is 9.70. The van der Waals surface area contributed by atoms with Gasteiger partial charge in [-0.05, 0) is 83.1 Å². The van der Waals surface area contributed by atoms with Crippen molar-refractivity contribution in [2.75, 3.05) is 0 Å². The zero-order chi connectivity index (χ0) is 17.8. The first-order valence-corrected chi connectivity index (χ1v) is 10.3. The first-order chi connectivity index (χ1) is 9.93. The zero-order valence-corrected chi connectivity index (χ0v) is 18.1. The second kappa shape index (κ2) is 9.57. The van der Waals surface area contributed by atoms with Gasteiger partial charge in [0, 0.05) is 36.3 Å². The molecule has 0 N–H and O–H groups in total. The molecular weight excluding hydrogens is 289 g/mol. The summed E-state index contributed by atoms with van der Waals surface area (Å²) in [5, 5.41) is 0. The van der Waals surface area contributed by atoms with E-state index in [1.807, 2.05) is 0 Å². The van der Waals surface area contributed by atoms with Crippen LogP contribution in [-0.2, 0) is 0 Å². The lowest BCUT2D eigenvalue weighted by Crippen LogP contribution is -2.50. The Morgan fingerprint density at radius 3 is 0.591 bits per heavy atom. The van der Waals surface area contributed by atoms with E-state index < -0.39 is 8.37 Å². The third-order valence-corrected chi connectivity index (χ3v) is 7.80. The molecule has 0 amide bonds. The van der Waals surface area contributed by atoms with Crippen molar-refractivity contribution in [1.82, 2.24) is 14.0 Å². The van der Waals surface area contributed by atoms with E-state index in [4.69, 9.17) is 0 Å². The van der Waals surface area contributed by atoms with Crippen LogP contribution >= 0.6 is 8.37 Å². The van der Waals surface area contributed by atoms with Gasteiger partial charge in [-0.25, -0.2) is 0 Å². The summed E-state index contributed by atoms with van der Waals surface area (Å²) in [4.78, 5) is 0. The molecule has 0 spiro atoms. The number of hydrogen-bond donors (Lipinski definition) is 0. The molecule has 0 aliphatic rings. The van der Waals surface area contributed by atoms with Gasteiger partial charge in [0.05, 0.1) is 0 Å². The fourth-order valence-corrected chi connectivity index (χ4v) is 6.58. The molecule has 0 radical (unpaired) electrons. The third-order valence-electron chi connectivity index (χ3n) is 3.79. The smallest absolute Gasteiger partial charge is 0.121 e. The SMILES string of the molecule is CC(C)N(C(C)C)P(N(C(C)C)C(C)C)N(C(C)C)C(C)C. The summed E-state index contributed by atoms with van der Waals surface area (Å²) in [5.74, 6) is 0. The van der Waals surface area contributed by atoms with Gasteiger partial charge in [0.25, 0.3) is 0 Å². The summed E-state index contributed by atoms with van der Waals surface area (Å²) in [5.41, 5.74) is 0. The van der Waals surface area contributed by atoms with E-state index in [0.717, 1.165) is 0 Å². The predicted octanol–water partition coefficient (Wildman–Crippen LogP) is 5.57. The molecule has 0 saturated heterocycles. The number of hydrogen-bond acceptors (Lipinski definition) is 3. The van der Waals surface area contributed by atoms with Crippen LogP contribution in [0, 0.1) is 0 Å². The Bertz CT molecular complexity index is 229. The van der Waals surface area contributed by atoms with Crippen LogP contribution in [0.15, 0.2) is 0 Å². The fraction of sp³-hybridized carbons (Fsp3) is 1.00. The molecule has 134 valence electrons. The zero-order valence-electron chi connectivity index (χ0n) is 17.3. The lowest BCUT2D eigenvalue weighted by atomic mass is 10.3. The average molecular weight is 332 g/mol. The second-order valence-corrected chi connectivity index (χ2v) is 9.89. The van der Waals surface area contributed by atoms with Crippen molar-refractivity contribution < 1.29 is 0 Å². The highest BCUT2D eigenvalue weighted by atomic mass is 31.2. The topological polar surface area (TPSA) is 9.72 Å². The third kappa shape index (κ3) is 5.74. The second-order valence-electron chi connectivity index (χ2n) is 7.97. The van der Waals surface area contributed by atoms with E-state index in [9.17, 15) is 0 Å². The van der Waals surface area contributed by atoms with Gasteiger partial charge in [-0.2, -0.15) is 0 Å². The van der Waals surface area contributed by atoms with Crippen molar-refractivity contribution >= 4 is 8.37 Å². The first-order valence-electron chi connectivity index (χ1n) is 9.08. The van der Waals surface area contributed by atoms with Crippen LogP contribution in [0.5, 0.6) is 0 Å². The summed E-state index contributed by atoms with van der Waals surface area (Å²) in [7, 11) is -0.488. The number of nitrogens with zero attached hydrogens (tertiary/aromatic N) is 3. The standard InChI is InChI=1S/C18H42N3P/c1-13(2)19(14(3)4)22(20(15(5)6)16(7)8)21(17(9)10)18(11)12/h13-18H,1-12H3. The molecule has 0 aromatic heterocycles. The van der Waals surface area contributed by atoms with Gasteiger partial charge >= 0.3 is 0 Å². The van der Waals surface area contributed by atoms with Crippen LogP contribution in [0.25, 0.3) is 0 Å². The predicted molar refractivity (Wildman–Crippen MR) is 103 cm³/mol. The summed E-state index contributed by atoms with van der Waals surface area (Å²) >= 11 is 0. The van der Waals surface area contributed by atoms with Gasteiger partial charge in [-0.15, -0.1) is 0 Å². The van der Waals surface area contributed by atoms with Gasteiger partial charge in [0.15, 0.2) is 0 Å². The molecule has 3 nitrogen and oxygen atoms in total. The monoisotopic (exact) mass is 331 g/mol. The van der Waals surface area contributed by atoms with Crippen molar-refractivity contribution in [3.05, 3.63) is 0 Å². The quantitative estimate of drug-likeness (QED) is 0.511. The van der Waals surface area contributed by atoms with E-state index >= 15 is 0 Å². The van der Waals surface area contributed by atoms with Gasteiger partial charge < -0.3 is 0 Å². The lowest BCUT2D eigenvalue weighted by Gasteiger charge is -2.53. The highest BCUT2D eigenvalue weighted by Gasteiger charge is 2.39. The maximum atomic E-state index is 2.73. The molecule has 0 bridgehead atoms. The largest absolute Gasteiger partial charge is 0.252 e. The molecule has 4 heteroatoms. The Balaban J connectivity index is 6.03. The summed E-state index contributed by atoms with van der Waals surface area (Å²) in [6.07, 6.45) is 0. The minimum atomic E-state index is -0.488. The maximum absolute atomic E-state index is 2.73. The van der Waals surface area contributed by atoms with Gasteiger partial charge in [-0.1, -0.05) is 0 Å². The maximum Gasteiger partial charge on any atom is 0.121 e. The van der Waals surface area contributed by atoms with Crippen molar-refractivity contribution in [2.45, 2.75) is 119 Å². The molecule has 0 fully saturated rings. The summed E-state index contributed by atoms with van der Waals surface area (Å²) < 4.78 is 8.19. The molecule has 0 aromatic rings. The van der Waals surface area contributed by atoms with Crippen molar-refractivity contribution in [2.24, 2.45) is 0 Å². The van der Waals surface area contributed by atoms with Crippen LogP contribution in [-0.4, -0.2) is 50.3 Å². The molecule has 22 heavy (non-hydrogen) atoms. The normalized spacial score (nSPS) is 13.9. The first kappa shape index (κ1) is 22.3. The van der Waals surface area contributed by atoms with E-state index in [1.54, 1.807) is 0 Å². The molecule has 0 aromatic carbocycles. The van der Waals surface area contributed by atoms with Crippen molar-refractivity contribution in [3.8, 4) is 0 Å². The molecule has 0 saturated carbocycles. The lowest BCUT2D eigenvalue weighted by molar-refractivity contribution is 0.197. The highest BCUT2D eigenvalue weighted by Crippen LogP contribution is 2.54. The fourth-order valence-electron chi connectivity index (χ4n) is 3.39. The van der Waals surface area contributed by atoms with Crippen molar-refractivity contribution in [3.63, 3.8) is 0 Å². The molecule has 0 rings (SSSR count).